The summed E-state index contributed by atoms with van der Waals surface area (Å²) in [7, 11) is 0. The molecular formula is C12H23N3O2. The van der Waals surface area contributed by atoms with Crippen LogP contribution in [0.25, 0.3) is 0 Å². The van der Waals surface area contributed by atoms with Gasteiger partial charge >= 0.3 is 0 Å². The van der Waals surface area contributed by atoms with Gasteiger partial charge in [-0.2, -0.15) is 0 Å². The molecule has 0 bridgehead atoms. The van der Waals surface area contributed by atoms with E-state index in [1.807, 2.05) is 20.8 Å². The maximum Gasteiger partial charge on any atom is 0.237 e. The quantitative estimate of drug-likeness (QED) is 0.642. The van der Waals surface area contributed by atoms with Crippen LogP contribution in [0.1, 0.15) is 40.0 Å². The number of carbonyl (C=O) groups is 2. The maximum atomic E-state index is 11.8. The second-order valence-corrected chi connectivity index (χ2v) is 4.75. The summed E-state index contributed by atoms with van der Waals surface area (Å²) in [6.45, 7) is 6.50. The first kappa shape index (κ1) is 14.0. The van der Waals surface area contributed by atoms with Gasteiger partial charge in [0.2, 0.25) is 11.8 Å². The first-order valence-corrected chi connectivity index (χ1v) is 6.36. The summed E-state index contributed by atoms with van der Waals surface area (Å²) in [5, 5.41) is 8.98. The van der Waals surface area contributed by atoms with Gasteiger partial charge in [-0.25, -0.2) is 0 Å². The zero-order valence-electron chi connectivity index (χ0n) is 10.9. The van der Waals surface area contributed by atoms with Gasteiger partial charge in [0, 0.05) is 25.0 Å². The van der Waals surface area contributed by atoms with E-state index >= 15 is 0 Å². The van der Waals surface area contributed by atoms with E-state index < -0.39 is 0 Å². The van der Waals surface area contributed by atoms with Gasteiger partial charge in [-0.05, 0) is 26.7 Å². The van der Waals surface area contributed by atoms with Crippen molar-refractivity contribution in [1.82, 2.24) is 16.0 Å². The second kappa shape index (κ2) is 6.59. The van der Waals surface area contributed by atoms with Crippen molar-refractivity contribution < 1.29 is 9.59 Å². The molecule has 3 unspecified atom stereocenters. The summed E-state index contributed by atoms with van der Waals surface area (Å²) in [5.41, 5.74) is 0. The molecule has 3 N–H and O–H groups in total. The third-order valence-corrected chi connectivity index (χ3v) is 3.15. The Hall–Kier alpha value is -1.10. The lowest BCUT2D eigenvalue weighted by Gasteiger charge is -2.27. The van der Waals surface area contributed by atoms with Crippen molar-refractivity contribution in [2.45, 2.75) is 58.2 Å². The zero-order valence-corrected chi connectivity index (χ0v) is 10.9. The lowest BCUT2D eigenvalue weighted by atomic mass is 10.1. The largest absolute Gasteiger partial charge is 0.355 e. The van der Waals surface area contributed by atoms with Crippen molar-refractivity contribution in [3.8, 4) is 0 Å². The van der Waals surface area contributed by atoms with Gasteiger partial charge < -0.3 is 16.0 Å². The molecule has 1 aliphatic rings. The fourth-order valence-corrected chi connectivity index (χ4v) is 1.77. The Morgan fingerprint density at radius 2 is 2.24 bits per heavy atom. The van der Waals surface area contributed by atoms with Crippen LogP contribution in [-0.2, 0) is 9.59 Å². The van der Waals surface area contributed by atoms with Crippen molar-refractivity contribution in [2.75, 3.05) is 6.54 Å². The van der Waals surface area contributed by atoms with Crippen LogP contribution < -0.4 is 16.0 Å². The van der Waals surface area contributed by atoms with E-state index in [4.69, 9.17) is 0 Å². The molecule has 1 fully saturated rings. The van der Waals surface area contributed by atoms with Crippen LogP contribution in [0.3, 0.4) is 0 Å². The van der Waals surface area contributed by atoms with Gasteiger partial charge in [-0.15, -0.1) is 0 Å². The monoisotopic (exact) mass is 241 g/mol. The highest BCUT2D eigenvalue weighted by molar-refractivity contribution is 5.81. The van der Waals surface area contributed by atoms with Crippen LogP contribution in [0, 0.1) is 0 Å². The standard InChI is InChI=1S/C12H23N3O2/c1-4-8(2)14-12(17)9(3)15-10-5-6-11(16)13-7-10/h8-10,15H,4-7H2,1-3H3,(H,13,16)(H,14,17). The van der Waals surface area contributed by atoms with Gasteiger partial charge in [-0.3, -0.25) is 9.59 Å². The highest BCUT2D eigenvalue weighted by Crippen LogP contribution is 2.04. The van der Waals surface area contributed by atoms with Crippen LogP contribution >= 0.6 is 0 Å². The molecule has 1 aliphatic heterocycles. The Morgan fingerprint density at radius 1 is 1.53 bits per heavy atom. The van der Waals surface area contributed by atoms with Gasteiger partial charge in [0.1, 0.15) is 0 Å². The van der Waals surface area contributed by atoms with Crippen LogP contribution in [0.5, 0.6) is 0 Å². The van der Waals surface area contributed by atoms with Gasteiger partial charge in [-0.1, -0.05) is 6.92 Å². The SMILES string of the molecule is CCC(C)NC(=O)C(C)NC1CCC(=O)NC1. The fraction of sp³-hybridized carbons (Fsp3) is 0.833. The molecule has 0 aromatic rings. The predicted octanol–water partition coefficient (Wildman–Crippen LogP) is 0.158. The van der Waals surface area contributed by atoms with Crippen molar-refractivity contribution in [3.05, 3.63) is 0 Å². The van der Waals surface area contributed by atoms with Crippen LogP contribution in [-0.4, -0.2) is 36.5 Å². The number of hydrogen-bond acceptors (Lipinski definition) is 3. The summed E-state index contributed by atoms with van der Waals surface area (Å²) < 4.78 is 0. The van der Waals surface area contributed by atoms with E-state index in [0.29, 0.717) is 13.0 Å². The van der Waals surface area contributed by atoms with Crippen molar-refractivity contribution in [1.29, 1.82) is 0 Å². The van der Waals surface area contributed by atoms with E-state index in [1.165, 1.54) is 0 Å². The van der Waals surface area contributed by atoms with Crippen LogP contribution in [0.15, 0.2) is 0 Å². The molecule has 1 heterocycles. The van der Waals surface area contributed by atoms with E-state index in [-0.39, 0.29) is 29.9 Å². The highest BCUT2D eigenvalue weighted by atomic mass is 16.2. The summed E-state index contributed by atoms with van der Waals surface area (Å²) in [5.74, 6) is 0.121. The Balaban J connectivity index is 2.30. The minimum Gasteiger partial charge on any atom is -0.355 e. The zero-order chi connectivity index (χ0) is 12.8. The second-order valence-electron chi connectivity index (χ2n) is 4.75. The first-order valence-electron chi connectivity index (χ1n) is 6.36. The predicted molar refractivity (Wildman–Crippen MR) is 66.5 cm³/mol. The number of carbonyl (C=O) groups excluding carboxylic acids is 2. The van der Waals surface area contributed by atoms with Crippen molar-refractivity contribution in [2.24, 2.45) is 0 Å². The third-order valence-electron chi connectivity index (χ3n) is 3.15. The Morgan fingerprint density at radius 3 is 2.76 bits per heavy atom. The smallest absolute Gasteiger partial charge is 0.237 e. The van der Waals surface area contributed by atoms with E-state index in [1.54, 1.807) is 0 Å². The molecule has 0 aromatic carbocycles. The molecule has 5 nitrogen and oxygen atoms in total. The summed E-state index contributed by atoms with van der Waals surface area (Å²) >= 11 is 0. The average molecular weight is 241 g/mol. The molecule has 98 valence electrons. The maximum absolute atomic E-state index is 11.8. The number of hydrogen-bond donors (Lipinski definition) is 3. The molecular weight excluding hydrogens is 218 g/mol. The normalized spacial score (nSPS) is 23.7. The van der Waals surface area contributed by atoms with Crippen LogP contribution in [0.4, 0.5) is 0 Å². The van der Waals surface area contributed by atoms with Gasteiger partial charge in [0.05, 0.1) is 6.04 Å². The first-order chi connectivity index (χ1) is 8.02. The molecule has 17 heavy (non-hydrogen) atoms. The fourth-order valence-electron chi connectivity index (χ4n) is 1.77. The number of rotatable bonds is 5. The lowest BCUT2D eigenvalue weighted by Crippen LogP contribution is -2.53. The molecule has 5 heteroatoms. The lowest BCUT2D eigenvalue weighted by molar-refractivity contribution is -0.123. The molecule has 0 aliphatic carbocycles. The van der Waals surface area contributed by atoms with Gasteiger partial charge in [0.25, 0.3) is 0 Å². The summed E-state index contributed by atoms with van der Waals surface area (Å²) in [6, 6.07) is 0.187. The highest BCUT2D eigenvalue weighted by Gasteiger charge is 2.22. The van der Waals surface area contributed by atoms with E-state index in [0.717, 1.165) is 12.8 Å². The van der Waals surface area contributed by atoms with Crippen LogP contribution in [0.2, 0.25) is 0 Å². The molecule has 3 atom stereocenters. The number of nitrogens with one attached hydrogen (secondary N) is 3. The van der Waals surface area contributed by atoms with Gasteiger partial charge in [0.15, 0.2) is 0 Å². The topological polar surface area (TPSA) is 70.2 Å². The molecule has 2 amide bonds. The average Bonchev–Trinajstić information content (AvgIpc) is 2.31. The molecule has 0 radical (unpaired) electrons. The minimum atomic E-state index is -0.219. The number of piperidine rings is 1. The molecule has 0 aromatic heterocycles. The Labute approximate surface area is 103 Å². The molecule has 1 saturated heterocycles. The number of amides is 2. The summed E-state index contributed by atoms with van der Waals surface area (Å²) in [6.07, 6.45) is 2.27. The Bertz CT molecular complexity index is 271. The molecule has 0 spiro atoms. The van der Waals surface area contributed by atoms with E-state index in [9.17, 15) is 9.59 Å². The van der Waals surface area contributed by atoms with Crippen molar-refractivity contribution in [3.63, 3.8) is 0 Å². The minimum absolute atomic E-state index is 0.0243. The summed E-state index contributed by atoms with van der Waals surface area (Å²) in [4.78, 5) is 22.8. The van der Waals surface area contributed by atoms with E-state index in [2.05, 4.69) is 16.0 Å². The Kier molecular flexibility index (Phi) is 5.41. The third kappa shape index (κ3) is 4.73. The molecule has 0 saturated carbocycles. The molecule has 1 rings (SSSR count). The van der Waals surface area contributed by atoms with Crippen molar-refractivity contribution >= 4 is 11.8 Å².